The molecule has 3 aromatic carbocycles. The fraction of sp³-hybridized carbons (Fsp3) is 0.0952. The highest BCUT2D eigenvalue weighted by molar-refractivity contribution is 6.08. The Balaban J connectivity index is 1.84. The predicted molar refractivity (Wildman–Crippen MR) is 104 cm³/mol. The summed E-state index contributed by atoms with van der Waals surface area (Å²) >= 11 is 0. The lowest BCUT2D eigenvalue weighted by molar-refractivity contribution is 0.102. The topological polar surface area (TPSA) is 59.6 Å². The maximum Gasteiger partial charge on any atom is 0.259 e. The molecule has 3 rings (SSSR count). The molecule has 1 amide bonds. The maximum atomic E-state index is 12.7. The fourth-order valence-corrected chi connectivity index (χ4v) is 2.55. The van der Waals surface area contributed by atoms with Gasteiger partial charge >= 0.3 is 0 Å². The van der Waals surface area contributed by atoms with Gasteiger partial charge in [0.15, 0.2) is 0 Å². The summed E-state index contributed by atoms with van der Waals surface area (Å²) in [6, 6.07) is 22.4. The van der Waals surface area contributed by atoms with E-state index < -0.39 is 0 Å². The van der Waals surface area contributed by atoms with E-state index in [1.54, 1.807) is 25.3 Å². The molecule has 2 N–H and O–H groups in total. The zero-order chi connectivity index (χ0) is 18.4. The van der Waals surface area contributed by atoms with Crippen molar-refractivity contribution in [2.45, 2.75) is 0 Å². The second kappa shape index (κ2) is 8.07. The molecule has 26 heavy (non-hydrogen) atoms. The fourth-order valence-electron chi connectivity index (χ4n) is 2.55. The van der Waals surface area contributed by atoms with Crippen LogP contribution in [-0.2, 0) is 0 Å². The van der Waals surface area contributed by atoms with Gasteiger partial charge in [-0.2, -0.15) is 0 Å². The van der Waals surface area contributed by atoms with Crippen molar-refractivity contribution in [2.24, 2.45) is 0 Å². The number of amides is 1. The monoisotopic (exact) mass is 348 g/mol. The molecule has 0 atom stereocenters. The number of ether oxygens (including phenoxy) is 2. The molecule has 0 spiro atoms. The standard InChI is InChI=1S/C21H20N2O3/c1-25-16-12-13-17(20(14-16)26-2)21(24)23-19-11-7-6-10-18(19)22-15-8-4-3-5-9-15/h3-14,22H,1-2H3,(H,23,24). The molecule has 0 aliphatic heterocycles. The molecule has 0 unspecified atom stereocenters. The van der Waals surface area contributed by atoms with Crippen LogP contribution < -0.4 is 20.1 Å². The lowest BCUT2D eigenvalue weighted by Crippen LogP contribution is -2.14. The van der Waals surface area contributed by atoms with Crippen LogP contribution in [-0.4, -0.2) is 20.1 Å². The minimum atomic E-state index is -0.258. The number of nitrogens with one attached hydrogen (secondary N) is 2. The SMILES string of the molecule is COc1ccc(C(=O)Nc2ccccc2Nc2ccccc2)c(OC)c1. The van der Waals surface area contributed by atoms with E-state index in [9.17, 15) is 4.79 Å². The second-order valence-electron chi connectivity index (χ2n) is 5.56. The van der Waals surface area contributed by atoms with E-state index >= 15 is 0 Å². The molecule has 5 heteroatoms. The summed E-state index contributed by atoms with van der Waals surface area (Å²) in [6.07, 6.45) is 0. The average Bonchev–Trinajstić information content (AvgIpc) is 2.69. The third kappa shape index (κ3) is 3.95. The summed E-state index contributed by atoms with van der Waals surface area (Å²) in [7, 11) is 3.09. The molecule has 0 aromatic heterocycles. The number of carbonyl (C=O) groups excluding carboxylic acids is 1. The van der Waals surface area contributed by atoms with Crippen molar-refractivity contribution in [2.75, 3.05) is 24.9 Å². The van der Waals surface area contributed by atoms with Crippen LogP contribution in [0.5, 0.6) is 11.5 Å². The molecule has 0 fully saturated rings. The predicted octanol–water partition coefficient (Wildman–Crippen LogP) is 4.70. The zero-order valence-electron chi connectivity index (χ0n) is 14.7. The van der Waals surface area contributed by atoms with Gasteiger partial charge in [-0.05, 0) is 36.4 Å². The number of anilines is 3. The van der Waals surface area contributed by atoms with Gasteiger partial charge in [0, 0.05) is 11.8 Å². The minimum Gasteiger partial charge on any atom is -0.497 e. The Morgan fingerprint density at radius 2 is 1.50 bits per heavy atom. The molecular formula is C21H20N2O3. The van der Waals surface area contributed by atoms with E-state index in [4.69, 9.17) is 9.47 Å². The molecule has 0 heterocycles. The lowest BCUT2D eigenvalue weighted by Gasteiger charge is -2.14. The van der Waals surface area contributed by atoms with Gasteiger partial charge in [0.1, 0.15) is 11.5 Å². The number of para-hydroxylation sites is 3. The molecule has 5 nitrogen and oxygen atoms in total. The van der Waals surface area contributed by atoms with Gasteiger partial charge < -0.3 is 20.1 Å². The van der Waals surface area contributed by atoms with Crippen molar-refractivity contribution in [3.05, 3.63) is 78.4 Å². The Hall–Kier alpha value is -3.47. The summed E-state index contributed by atoms with van der Waals surface area (Å²) < 4.78 is 10.5. The van der Waals surface area contributed by atoms with Gasteiger partial charge in [0.05, 0.1) is 31.2 Å². The van der Waals surface area contributed by atoms with Crippen LogP contribution in [0.3, 0.4) is 0 Å². The van der Waals surface area contributed by atoms with Crippen LogP contribution in [0.15, 0.2) is 72.8 Å². The average molecular weight is 348 g/mol. The van der Waals surface area contributed by atoms with Crippen LogP contribution in [0.1, 0.15) is 10.4 Å². The number of hydrogen-bond donors (Lipinski definition) is 2. The highest BCUT2D eigenvalue weighted by atomic mass is 16.5. The van der Waals surface area contributed by atoms with E-state index in [1.807, 2.05) is 54.6 Å². The Kier molecular flexibility index (Phi) is 5.39. The van der Waals surface area contributed by atoms with Crippen molar-refractivity contribution in [3.63, 3.8) is 0 Å². The van der Waals surface area contributed by atoms with Crippen LogP contribution in [0, 0.1) is 0 Å². The lowest BCUT2D eigenvalue weighted by atomic mass is 10.1. The van der Waals surface area contributed by atoms with Crippen LogP contribution >= 0.6 is 0 Å². The van der Waals surface area contributed by atoms with Crippen LogP contribution in [0.2, 0.25) is 0 Å². The van der Waals surface area contributed by atoms with Crippen molar-refractivity contribution >= 4 is 23.0 Å². The Labute approximate surface area is 152 Å². The number of carbonyl (C=O) groups is 1. The van der Waals surface area contributed by atoms with Crippen LogP contribution in [0.25, 0.3) is 0 Å². The maximum absolute atomic E-state index is 12.7. The number of methoxy groups -OCH3 is 2. The van der Waals surface area contributed by atoms with E-state index in [-0.39, 0.29) is 5.91 Å². The quantitative estimate of drug-likeness (QED) is 0.678. The Morgan fingerprint density at radius 1 is 0.808 bits per heavy atom. The smallest absolute Gasteiger partial charge is 0.259 e. The number of hydrogen-bond acceptors (Lipinski definition) is 4. The van der Waals surface area contributed by atoms with Gasteiger partial charge in [0.2, 0.25) is 0 Å². The molecule has 0 saturated carbocycles. The Bertz CT molecular complexity index is 895. The third-order valence-electron chi connectivity index (χ3n) is 3.88. The summed E-state index contributed by atoms with van der Waals surface area (Å²) in [4.78, 5) is 12.7. The number of benzene rings is 3. The minimum absolute atomic E-state index is 0.258. The second-order valence-corrected chi connectivity index (χ2v) is 5.56. The molecule has 0 saturated heterocycles. The van der Waals surface area contributed by atoms with E-state index in [1.165, 1.54) is 7.11 Å². The van der Waals surface area contributed by atoms with Crippen molar-refractivity contribution < 1.29 is 14.3 Å². The van der Waals surface area contributed by atoms with Crippen LogP contribution in [0.4, 0.5) is 17.1 Å². The molecule has 3 aromatic rings. The summed E-state index contributed by atoms with van der Waals surface area (Å²) in [5.74, 6) is 0.826. The van der Waals surface area contributed by atoms with E-state index in [0.717, 1.165) is 11.4 Å². The van der Waals surface area contributed by atoms with Gasteiger partial charge in [-0.25, -0.2) is 0 Å². The van der Waals surface area contributed by atoms with Gasteiger partial charge in [-0.3, -0.25) is 4.79 Å². The van der Waals surface area contributed by atoms with Crippen molar-refractivity contribution in [3.8, 4) is 11.5 Å². The van der Waals surface area contributed by atoms with Gasteiger partial charge in [-0.1, -0.05) is 30.3 Å². The summed E-state index contributed by atoms with van der Waals surface area (Å²) in [5, 5.41) is 6.25. The first kappa shape index (κ1) is 17.4. The van der Waals surface area contributed by atoms with Gasteiger partial charge in [-0.15, -0.1) is 0 Å². The third-order valence-corrected chi connectivity index (χ3v) is 3.88. The summed E-state index contributed by atoms with van der Waals surface area (Å²) in [6.45, 7) is 0. The first-order valence-electron chi connectivity index (χ1n) is 8.15. The Morgan fingerprint density at radius 3 is 2.19 bits per heavy atom. The highest BCUT2D eigenvalue weighted by Crippen LogP contribution is 2.28. The molecule has 0 aliphatic rings. The first-order chi connectivity index (χ1) is 12.7. The highest BCUT2D eigenvalue weighted by Gasteiger charge is 2.15. The molecule has 132 valence electrons. The molecule has 0 radical (unpaired) electrons. The van der Waals surface area contributed by atoms with E-state index in [2.05, 4.69) is 10.6 Å². The number of rotatable bonds is 6. The van der Waals surface area contributed by atoms with Crippen molar-refractivity contribution in [1.29, 1.82) is 0 Å². The normalized spacial score (nSPS) is 10.1. The molecular weight excluding hydrogens is 328 g/mol. The van der Waals surface area contributed by atoms with Crippen molar-refractivity contribution in [1.82, 2.24) is 0 Å². The van der Waals surface area contributed by atoms with Gasteiger partial charge in [0.25, 0.3) is 5.91 Å². The van der Waals surface area contributed by atoms with E-state index in [0.29, 0.717) is 22.7 Å². The summed E-state index contributed by atoms with van der Waals surface area (Å²) in [5.41, 5.74) is 2.86. The molecule has 0 aliphatic carbocycles. The molecule has 0 bridgehead atoms. The zero-order valence-corrected chi connectivity index (χ0v) is 14.7. The largest absolute Gasteiger partial charge is 0.497 e. The first-order valence-corrected chi connectivity index (χ1v) is 8.15.